The molecule has 4 N–H and O–H groups in total. The lowest BCUT2D eigenvalue weighted by Crippen LogP contribution is -2.52. The molecule has 1 saturated heterocycles. The molecule has 1 aliphatic heterocycles. The molecule has 0 aliphatic carbocycles. The van der Waals surface area contributed by atoms with Gasteiger partial charge in [0.05, 0.1) is 12.2 Å². The van der Waals surface area contributed by atoms with E-state index in [9.17, 15) is 19.5 Å². The molecular weight excluding hydrogens is 484 g/mol. The molecule has 3 rings (SSSR count). The van der Waals surface area contributed by atoms with Gasteiger partial charge in [0.25, 0.3) is 0 Å². The van der Waals surface area contributed by atoms with Gasteiger partial charge in [-0.2, -0.15) is 0 Å². The Kier molecular flexibility index (Phi) is 11.4. The highest BCUT2D eigenvalue weighted by atomic mass is 16.5. The molecule has 3 amide bonds. The summed E-state index contributed by atoms with van der Waals surface area (Å²) >= 11 is 0. The summed E-state index contributed by atoms with van der Waals surface area (Å²) in [4.78, 5) is 40.3. The summed E-state index contributed by atoms with van der Waals surface area (Å²) in [6, 6.07) is 11.6. The first-order chi connectivity index (χ1) is 18.4. The fourth-order valence-electron chi connectivity index (χ4n) is 4.52. The maximum absolute atomic E-state index is 13.3. The van der Waals surface area contributed by atoms with Crippen LogP contribution >= 0.6 is 0 Å². The van der Waals surface area contributed by atoms with Crippen molar-refractivity contribution in [2.75, 3.05) is 31.6 Å². The minimum atomic E-state index is -0.808. The van der Waals surface area contributed by atoms with E-state index in [0.29, 0.717) is 11.3 Å². The van der Waals surface area contributed by atoms with Gasteiger partial charge in [0, 0.05) is 31.2 Å². The molecule has 0 saturated carbocycles. The first kappa shape index (κ1) is 29.0. The molecule has 1 heterocycles. The van der Waals surface area contributed by atoms with Crippen molar-refractivity contribution in [2.45, 2.75) is 64.5 Å². The van der Waals surface area contributed by atoms with Gasteiger partial charge in [-0.25, -0.2) is 9.59 Å². The van der Waals surface area contributed by atoms with E-state index in [1.165, 1.54) is 25.7 Å². The predicted molar refractivity (Wildman–Crippen MR) is 147 cm³/mol. The highest BCUT2D eigenvalue weighted by Crippen LogP contribution is 2.15. The maximum Gasteiger partial charge on any atom is 0.338 e. The Hall–Kier alpha value is -3.59. The van der Waals surface area contributed by atoms with Crippen molar-refractivity contribution >= 4 is 23.6 Å². The number of ether oxygens (including phenoxy) is 1. The number of carbonyl (C=O) groups is 3. The Balaban J connectivity index is 1.59. The first-order valence-corrected chi connectivity index (χ1v) is 13.5. The van der Waals surface area contributed by atoms with Crippen molar-refractivity contribution in [2.24, 2.45) is 0 Å². The number of likely N-dealkylation sites (tertiary alicyclic amines) is 1. The quantitative estimate of drug-likeness (QED) is 0.232. The van der Waals surface area contributed by atoms with Crippen LogP contribution in [0.4, 0.5) is 10.5 Å². The van der Waals surface area contributed by atoms with Gasteiger partial charge in [-0.05, 0) is 68.3 Å². The number of nitrogens with zero attached hydrogens (tertiary/aromatic N) is 1. The molecular formula is C29H40N4O5. The number of aromatic hydroxyl groups is 1. The fourth-order valence-corrected chi connectivity index (χ4v) is 4.52. The van der Waals surface area contributed by atoms with Crippen LogP contribution < -0.4 is 16.0 Å². The summed E-state index contributed by atoms with van der Waals surface area (Å²) in [5, 5.41) is 18.2. The molecule has 0 aromatic heterocycles. The second-order valence-corrected chi connectivity index (χ2v) is 9.67. The minimum Gasteiger partial charge on any atom is -0.508 e. The lowest BCUT2D eigenvalue weighted by Gasteiger charge is -2.22. The fraction of sp³-hybridized carbons (Fsp3) is 0.483. The number of phenols is 1. The normalized spacial score (nSPS) is 16.0. The van der Waals surface area contributed by atoms with Crippen molar-refractivity contribution in [1.82, 2.24) is 15.5 Å². The molecule has 2 atom stereocenters. The van der Waals surface area contributed by atoms with Crippen LogP contribution in [-0.2, 0) is 16.0 Å². The zero-order valence-electron chi connectivity index (χ0n) is 22.4. The van der Waals surface area contributed by atoms with Gasteiger partial charge in [0.2, 0.25) is 5.91 Å². The number of benzene rings is 2. The van der Waals surface area contributed by atoms with E-state index in [1.54, 1.807) is 55.5 Å². The molecule has 1 fully saturated rings. The van der Waals surface area contributed by atoms with E-state index in [0.717, 1.165) is 31.6 Å². The zero-order valence-corrected chi connectivity index (χ0v) is 22.4. The molecule has 2 aromatic rings. The highest BCUT2D eigenvalue weighted by molar-refractivity contribution is 5.95. The Morgan fingerprint density at radius 1 is 1.03 bits per heavy atom. The second-order valence-electron chi connectivity index (χ2n) is 9.67. The molecule has 38 heavy (non-hydrogen) atoms. The van der Waals surface area contributed by atoms with Crippen molar-refractivity contribution in [3.05, 3.63) is 59.7 Å². The number of nitrogens with one attached hydrogen (secondary N) is 3. The SMILES string of the molecule is CCCCCCN1CC[C@H](NC(=O)[C@H](Cc2ccc(O)cc2)NC(=O)Nc2ccc(C(=O)OCC)cc2)C1. The van der Waals surface area contributed by atoms with Crippen LogP contribution in [0.5, 0.6) is 5.75 Å². The van der Waals surface area contributed by atoms with E-state index in [1.807, 2.05) is 0 Å². The third-order valence-electron chi connectivity index (χ3n) is 6.60. The summed E-state index contributed by atoms with van der Waals surface area (Å²) < 4.78 is 4.98. The number of hydrogen-bond donors (Lipinski definition) is 4. The molecule has 0 radical (unpaired) electrons. The van der Waals surface area contributed by atoms with Gasteiger partial charge in [-0.15, -0.1) is 0 Å². The molecule has 9 nitrogen and oxygen atoms in total. The molecule has 9 heteroatoms. The molecule has 0 bridgehead atoms. The van der Waals surface area contributed by atoms with Gasteiger partial charge in [0.1, 0.15) is 11.8 Å². The van der Waals surface area contributed by atoms with E-state index < -0.39 is 18.0 Å². The average Bonchev–Trinajstić information content (AvgIpc) is 3.35. The summed E-state index contributed by atoms with van der Waals surface area (Å²) in [5.41, 5.74) is 1.68. The highest BCUT2D eigenvalue weighted by Gasteiger charge is 2.28. The maximum atomic E-state index is 13.3. The summed E-state index contributed by atoms with van der Waals surface area (Å²) in [6.45, 7) is 7.02. The molecule has 2 aromatic carbocycles. The number of hydrogen-bond acceptors (Lipinski definition) is 6. The second kappa shape index (κ2) is 15.0. The number of esters is 1. The van der Waals surface area contributed by atoms with Crippen LogP contribution in [0, 0.1) is 0 Å². The smallest absolute Gasteiger partial charge is 0.338 e. The Bertz CT molecular complexity index is 1040. The largest absolute Gasteiger partial charge is 0.508 e. The zero-order chi connectivity index (χ0) is 27.3. The van der Waals surface area contributed by atoms with Crippen LogP contribution in [0.3, 0.4) is 0 Å². The summed E-state index contributed by atoms with van der Waals surface area (Å²) in [6.07, 6.45) is 6.00. The molecule has 0 spiro atoms. The van der Waals surface area contributed by atoms with Crippen molar-refractivity contribution in [3.63, 3.8) is 0 Å². The number of amides is 3. The number of anilines is 1. The van der Waals surface area contributed by atoms with Gasteiger partial charge in [-0.1, -0.05) is 38.3 Å². The number of phenolic OH excluding ortho intramolecular Hbond substituents is 1. The third kappa shape index (κ3) is 9.37. The Morgan fingerprint density at radius 3 is 2.45 bits per heavy atom. The molecule has 1 aliphatic rings. The van der Waals surface area contributed by atoms with Crippen LogP contribution in [0.15, 0.2) is 48.5 Å². The summed E-state index contributed by atoms with van der Waals surface area (Å²) in [5.74, 6) is -0.541. The van der Waals surface area contributed by atoms with Crippen LogP contribution in [-0.4, -0.2) is 66.2 Å². The van der Waals surface area contributed by atoms with Crippen molar-refractivity contribution in [3.8, 4) is 5.75 Å². The van der Waals surface area contributed by atoms with Crippen LogP contribution in [0.1, 0.15) is 61.9 Å². The van der Waals surface area contributed by atoms with E-state index in [2.05, 4.69) is 27.8 Å². The van der Waals surface area contributed by atoms with Crippen LogP contribution in [0.25, 0.3) is 0 Å². The predicted octanol–water partition coefficient (Wildman–Crippen LogP) is 4.07. The first-order valence-electron chi connectivity index (χ1n) is 13.5. The topological polar surface area (TPSA) is 120 Å². The number of urea groups is 1. The van der Waals surface area contributed by atoms with E-state index in [4.69, 9.17) is 4.74 Å². The molecule has 206 valence electrons. The number of unbranched alkanes of at least 4 members (excludes halogenated alkanes) is 3. The van der Waals surface area contributed by atoms with Crippen molar-refractivity contribution in [1.29, 1.82) is 0 Å². The molecule has 0 unspecified atom stereocenters. The Labute approximate surface area is 224 Å². The lowest BCUT2D eigenvalue weighted by molar-refractivity contribution is -0.123. The Morgan fingerprint density at radius 2 is 1.76 bits per heavy atom. The standard InChI is InChI=1S/C29H40N4O5/c1-3-5-6-7-17-33-18-16-24(20-33)30-27(35)26(19-21-8-14-25(34)15-9-21)32-29(37)31-23-12-10-22(11-13-23)28(36)38-4-2/h8-15,24,26,34H,3-7,16-20H2,1-2H3,(H,30,35)(H2,31,32,37)/t24-,26-/m0/s1. The van der Waals surface area contributed by atoms with Gasteiger partial charge < -0.3 is 30.7 Å². The third-order valence-corrected chi connectivity index (χ3v) is 6.60. The number of carbonyl (C=O) groups excluding carboxylic acids is 3. The van der Waals surface area contributed by atoms with Crippen molar-refractivity contribution < 1.29 is 24.2 Å². The summed E-state index contributed by atoms with van der Waals surface area (Å²) in [7, 11) is 0. The monoisotopic (exact) mass is 524 g/mol. The van der Waals surface area contributed by atoms with E-state index in [-0.39, 0.29) is 30.7 Å². The van der Waals surface area contributed by atoms with Gasteiger partial charge >= 0.3 is 12.0 Å². The van der Waals surface area contributed by atoms with Gasteiger partial charge in [-0.3, -0.25) is 4.79 Å². The lowest BCUT2D eigenvalue weighted by atomic mass is 10.0. The minimum absolute atomic E-state index is 0.0382. The number of rotatable bonds is 13. The van der Waals surface area contributed by atoms with Gasteiger partial charge in [0.15, 0.2) is 0 Å². The average molecular weight is 525 g/mol. The van der Waals surface area contributed by atoms with Crippen LogP contribution in [0.2, 0.25) is 0 Å². The van der Waals surface area contributed by atoms with E-state index >= 15 is 0 Å².